The molecule has 0 radical (unpaired) electrons. The Hall–Kier alpha value is -4.46. The van der Waals surface area contributed by atoms with Gasteiger partial charge in [0.05, 0.1) is 18.3 Å². The number of hydrogen-bond donors (Lipinski definition) is 3. The van der Waals surface area contributed by atoms with Crippen LogP contribution in [0.15, 0.2) is 47.7 Å². The van der Waals surface area contributed by atoms with E-state index >= 15 is 0 Å². The number of alkyl halides is 2. The Labute approximate surface area is 235 Å². The van der Waals surface area contributed by atoms with E-state index in [4.69, 9.17) is 10.5 Å². The third-order valence-electron chi connectivity index (χ3n) is 7.15. The van der Waals surface area contributed by atoms with Crippen molar-refractivity contribution in [3.05, 3.63) is 69.5 Å². The summed E-state index contributed by atoms with van der Waals surface area (Å²) in [5.74, 6) is -2.81. The molecule has 14 heteroatoms. The Kier molecular flexibility index (Phi) is 6.64. The summed E-state index contributed by atoms with van der Waals surface area (Å²) < 4.78 is 33.7. The van der Waals surface area contributed by atoms with Crippen molar-refractivity contribution in [2.75, 3.05) is 11.1 Å². The van der Waals surface area contributed by atoms with Gasteiger partial charge in [-0.15, -0.1) is 11.3 Å². The molecule has 1 aliphatic carbocycles. The SMILES string of the molecule is C[C@@H]1C[C@@H](C(=O)NCc2cc3cnc(N)cc3s2)n2c1ncc(NC(=O)c1ccc(OC3CC(F)(F)C3)nc1)c2=O. The minimum Gasteiger partial charge on any atom is -0.474 e. The molecular formula is C27H25F2N7O4S. The zero-order valence-electron chi connectivity index (χ0n) is 21.8. The summed E-state index contributed by atoms with van der Waals surface area (Å²) in [5.41, 5.74) is 5.25. The van der Waals surface area contributed by atoms with E-state index in [1.54, 1.807) is 12.3 Å². The lowest BCUT2D eigenvalue weighted by molar-refractivity contribution is -0.135. The number of halogens is 2. The van der Waals surface area contributed by atoms with Gasteiger partial charge in [-0.25, -0.2) is 23.7 Å². The quantitative estimate of drug-likeness (QED) is 0.299. The van der Waals surface area contributed by atoms with Crippen LogP contribution >= 0.6 is 11.3 Å². The Bertz CT molecular complexity index is 1720. The molecule has 2 atom stereocenters. The molecule has 0 unspecified atom stereocenters. The summed E-state index contributed by atoms with van der Waals surface area (Å²) in [7, 11) is 0. The first-order chi connectivity index (χ1) is 19.6. The number of thiophene rings is 1. The Morgan fingerprint density at radius 3 is 2.71 bits per heavy atom. The van der Waals surface area contributed by atoms with Crippen LogP contribution in [0, 0.1) is 0 Å². The van der Waals surface area contributed by atoms with Gasteiger partial charge in [0, 0.05) is 52.2 Å². The highest BCUT2D eigenvalue weighted by atomic mass is 32.1. The van der Waals surface area contributed by atoms with Gasteiger partial charge in [-0.3, -0.25) is 19.0 Å². The number of anilines is 2. The first-order valence-electron chi connectivity index (χ1n) is 12.9. The van der Waals surface area contributed by atoms with E-state index in [9.17, 15) is 23.2 Å². The van der Waals surface area contributed by atoms with Crippen LogP contribution in [0.25, 0.3) is 10.1 Å². The van der Waals surface area contributed by atoms with Crippen LogP contribution in [0.1, 0.15) is 59.2 Å². The number of pyridine rings is 2. The molecule has 1 saturated carbocycles. The average molecular weight is 582 g/mol. The predicted molar refractivity (Wildman–Crippen MR) is 147 cm³/mol. The van der Waals surface area contributed by atoms with Crippen LogP contribution in [0.4, 0.5) is 20.3 Å². The smallest absolute Gasteiger partial charge is 0.278 e. The second-order valence-electron chi connectivity index (χ2n) is 10.3. The van der Waals surface area contributed by atoms with Gasteiger partial charge in [0.2, 0.25) is 11.8 Å². The normalized spacial score (nSPS) is 19.4. The van der Waals surface area contributed by atoms with Crippen LogP contribution in [0.3, 0.4) is 0 Å². The number of amides is 2. The molecule has 2 amide bonds. The topological polar surface area (TPSA) is 154 Å². The van der Waals surface area contributed by atoms with E-state index < -0.39 is 29.5 Å². The van der Waals surface area contributed by atoms with Gasteiger partial charge < -0.3 is 21.1 Å². The lowest BCUT2D eigenvalue weighted by atomic mass is 9.91. The highest BCUT2D eigenvalue weighted by Crippen LogP contribution is 2.39. The van der Waals surface area contributed by atoms with Crippen LogP contribution in [-0.2, 0) is 11.3 Å². The third-order valence-corrected chi connectivity index (χ3v) is 8.25. The number of nitrogen functional groups attached to an aromatic ring is 1. The molecule has 6 rings (SSSR count). The van der Waals surface area contributed by atoms with Crippen LogP contribution in [0.2, 0.25) is 0 Å². The van der Waals surface area contributed by atoms with Crippen molar-refractivity contribution in [2.45, 2.75) is 56.7 Å². The van der Waals surface area contributed by atoms with Gasteiger partial charge in [-0.1, -0.05) is 6.92 Å². The predicted octanol–water partition coefficient (Wildman–Crippen LogP) is 3.62. The molecule has 0 saturated heterocycles. The van der Waals surface area contributed by atoms with Crippen molar-refractivity contribution >= 4 is 44.7 Å². The molecule has 4 aromatic heterocycles. The average Bonchev–Trinajstić information content (AvgIpc) is 3.48. The molecular weight excluding hydrogens is 556 g/mol. The summed E-state index contributed by atoms with van der Waals surface area (Å²) in [4.78, 5) is 52.8. The van der Waals surface area contributed by atoms with Crippen molar-refractivity contribution in [2.24, 2.45) is 0 Å². The molecule has 2 aliphatic rings. The Morgan fingerprint density at radius 2 is 1.98 bits per heavy atom. The maximum Gasteiger partial charge on any atom is 0.278 e. The zero-order chi connectivity index (χ0) is 28.9. The molecule has 4 aromatic rings. The largest absolute Gasteiger partial charge is 0.474 e. The second-order valence-corrected chi connectivity index (χ2v) is 11.4. The minimum atomic E-state index is -2.72. The highest BCUT2D eigenvalue weighted by Gasteiger charge is 2.47. The lowest BCUT2D eigenvalue weighted by Gasteiger charge is -2.34. The number of fused-ring (bicyclic) bond motifs is 2. The van der Waals surface area contributed by atoms with Crippen molar-refractivity contribution in [3.8, 4) is 5.88 Å². The molecule has 0 bridgehead atoms. The van der Waals surface area contributed by atoms with Crippen LogP contribution in [0.5, 0.6) is 5.88 Å². The first kappa shape index (κ1) is 26.7. The van der Waals surface area contributed by atoms with Gasteiger partial charge in [-0.05, 0) is 24.6 Å². The minimum absolute atomic E-state index is 0.0859. The van der Waals surface area contributed by atoms with Crippen molar-refractivity contribution in [1.82, 2.24) is 24.8 Å². The number of nitrogens with two attached hydrogens (primary N) is 1. The first-order valence-corrected chi connectivity index (χ1v) is 13.7. The van der Waals surface area contributed by atoms with Gasteiger partial charge in [-0.2, -0.15) is 0 Å². The molecule has 5 heterocycles. The number of ether oxygens (including phenoxy) is 1. The van der Waals surface area contributed by atoms with Gasteiger partial charge in [0.1, 0.15) is 29.5 Å². The molecule has 1 fully saturated rings. The fourth-order valence-corrected chi connectivity index (χ4v) is 6.05. The van der Waals surface area contributed by atoms with Crippen LogP contribution < -0.4 is 26.7 Å². The summed E-state index contributed by atoms with van der Waals surface area (Å²) in [5, 5.41) is 6.37. The Balaban J connectivity index is 1.13. The van der Waals surface area contributed by atoms with E-state index in [1.807, 2.05) is 13.0 Å². The fraction of sp³-hybridized carbons (Fsp3) is 0.333. The Morgan fingerprint density at radius 1 is 1.17 bits per heavy atom. The van der Waals surface area contributed by atoms with Gasteiger partial charge in [0.25, 0.3) is 17.4 Å². The number of hydrogen-bond acceptors (Lipinski definition) is 9. The van der Waals surface area contributed by atoms with Crippen LogP contribution in [-0.4, -0.2) is 43.4 Å². The standard InChI is InChI=1S/C27H25F2N7O4S/c1-13-4-19(25(38)34-11-17-5-15-10-31-21(30)6-20(15)41-17)36-23(13)33-12-18(26(36)39)35-24(37)14-2-3-22(32-9-14)40-16-7-27(28,29)8-16/h2-3,5-6,9-10,12-13,16,19H,4,7-8,11H2,1H3,(H2,30,31)(H,34,38)(H,35,37)/t13-,19+/m1/s1. The second kappa shape index (κ2) is 10.2. The van der Waals surface area contributed by atoms with E-state index in [1.165, 1.54) is 40.4 Å². The number of rotatable bonds is 7. The summed E-state index contributed by atoms with van der Waals surface area (Å²) in [6.45, 7) is 2.15. The monoisotopic (exact) mass is 581 g/mol. The maximum absolute atomic E-state index is 13.4. The molecule has 11 nitrogen and oxygen atoms in total. The summed E-state index contributed by atoms with van der Waals surface area (Å²) >= 11 is 1.49. The lowest BCUT2D eigenvalue weighted by Crippen LogP contribution is -2.43. The molecule has 0 aromatic carbocycles. The van der Waals surface area contributed by atoms with Crippen molar-refractivity contribution in [3.63, 3.8) is 0 Å². The zero-order valence-corrected chi connectivity index (χ0v) is 22.6. The fourth-order valence-electron chi connectivity index (χ4n) is 5.03. The molecule has 4 N–H and O–H groups in total. The van der Waals surface area contributed by atoms with Gasteiger partial charge in [0.15, 0.2) is 0 Å². The summed E-state index contributed by atoms with van der Waals surface area (Å²) in [6, 6.07) is 5.74. The highest BCUT2D eigenvalue weighted by molar-refractivity contribution is 7.19. The van der Waals surface area contributed by atoms with E-state index in [2.05, 4.69) is 25.6 Å². The van der Waals surface area contributed by atoms with E-state index in [-0.39, 0.29) is 48.3 Å². The summed E-state index contributed by atoms with van der Waals surface area (Å²) in [6.07, 6.45) is 3.21. The van der Waals surface area contributed by atoms with Crippen molar-refractivity contribution < 1.29 is 23.1 Å². The van der Waals surface area contributed by atoms with E-state index in [0.717, 1.165) is 15.0 Å². The third kappa shape index (κ3) is 5.34. The van der Waals surface area contributed by atoms with E-state index in [0.29, 0.717) is 18.1 Å². The number of aromatic nitrogens is 4. The number of nitrogens with zero attached hydrogens (tertiary/aromatic N) is 4. The molecule has 41 heavy (non-hydrogen) atoms. The van der Waals surface area contributed by atoms with Gasteiger partial charge >= 0.3 is 0 Å². The molecule has 1 aliphatic heterocycles. The number of nitrogens with one attached hydrogen (secondary N) is 2. The van der Waals surface area contributed by atoms with Crippen molar-refractivity contribution in [1.29, 1.82) is 0 Å². The molecule has 0 spiro atoms. The maximum atomic E-state index is 13.4. The number of carbonyl (C=O) groups excluding carboxylic acids is 2. The number of carbonyl (C=O) groups is 2. The molecule has 212 valence electrons.